The maximum absolute atomic E-state index is 12.7. The third-order valence-electron chi connectivity index (χ3n) is 4.73. The second kappa shape index (κ2) is 10.1. The molecule has 0 aliphatic carbocycles. The third kappa shape index (κ3) is 5.51. The molecule has 9 heteroatoms. The summed E-state index contributed by atoms with van der Waals surface area (Å²) in [5.41, 5.74) is 1.24. The van der Waals surface area contributed by atoms with E-state index in [2.05, 4.69) is 15.5 Å². The predicted molar refractivity (Wildman–Crippen MR) is 114 cm³/mol. The molecule has 2 aromatic rings. The lowest BCUT2D eigenvalue weighted by atomic mass is 10.1. The number of amides is 2. The molecule has 1 aliphatic heterocycles. The third-order valence-corrected chi connectivity index (χ3v) is 6.24. The van der Waals surface area contributed by atoms with Crippen molar-refractivity contribution in [3.8, 4) is 6.07 Å². The summed E-state index contributed by atoms with van der Waals surface area (Å²) in [7, 11) is 0.796. The van der Waals surface area contributed by atoms with Gasteiger partial charge in [0.05, 0.1) is 11.0 Å². The van der Waals surface area contributed by atoms with Gasteiger partial charge >= 0.3 is 0 Å². The second-order valence-electron chi connectivity index (χ2n) is 6.88. The van der Waals surface area contributed by atoms with Gasteiger partial charge in [0.15, 0.2) is 0 Å². The van der Waals surface area contributed by atoms with Crippen molar-refractivity contribution in [2.75, 3.05) is 45.1 Å². The van der Waals surface area contributed by atoms with Crippen LogP contribution in [-0.4, -0.2) is 65.0 Å². The van der Waals surface area contributed by atoms with Crippen LogP contribution in [0.2, 0.25) is 0 Å². The highest BCUT2D eigenvalue weighted by Crippen LogP contribution is 2.16. The SMILES string of the molecule is CN1CCN(S(=O)c2ccc(C(=O)Nc3cccc(C(=O)NCC#N)c3)cc2)CC1. The zero-order valence-electron chi connectivity index (χ0n) is 16.6. The van der Waals surface area contributed by atoms with E-state index in [0.717, 1.165) is 26.2 Å². The molecule has 1 heterocycles. The predicted octanol–water partition coefficient (Wildman–Crippen LogP) is 1.46. The first-order valence-corrected chi connectivity index (χ1v) is 10.6. The van der Waals surface area contributed by atoms with Gasteiger partial charge in [0.25, 0.3) is 11.8 Å². The lowest BCUT2D eigenvalue weighted by Crippen LogP contribution is -2.45. The van der Waals surface area contributed by atoms with Crippen molar-refractivity contribution >= 4 is 28.5 Å². The molecule has 3 rings (SSSR count). The van der Waals surface area contributed by atoms with Crippen LogP contribution in [0.25, 0.3) is 0 Å². The molecule has 2 aromatic carbocycles. The number of nitriles is 1. The Bertz CT molecular complexity index is 979. The Kier molecular flexibility index (Phi) is 7.30. The summed E-state index contributed by atoms with van der Waals surface area (Å²) in [6, 6.07) is 15.0. The fourth-order valence-electron chi connectivity index (χ4n) is 2.99. The molecule has 0 radical (unpaired) electrons. The molecule has 1 unspecified atom stereocenters. The zero-order valence-corrected chi connectivity index (χ0v) is 17.4. The smallest absolute Gasteiger partial charge is 0.255 e. The molecule has 2 amide bonds. The number of benzene rings is 2. The van der Waals surface area contributed by atoms with E-state index >= 15 is 0 Å². The lowest BCUT2D eigenvalue weighted by Gasteiger charge is -2.31. The van der Waals surface area contributed by atoms with Gasteiger partial charge in [-0.15, -0.1) is 0 Å². The first kappa shape index (κ1) is 21.6. The van der Waals surface area contributed by atoms with E-state index in [9.17, 15) is 13.8 Å². The Morgan fingerprint density at radius 1 is 1.03 bits per heavy atom. The summed E-state index contributed by atoms with van der Waals surface area (Å²) in [6.07, 6.45) is 0. The Labute approximate surface area is 178 Å². The average molecular weight is 426 g/mol. The lowest BCUT2D eigenvalue weighted by molar-refractivity contribution is 0.0957. The van der Waals surface area contributed by atoms with Crippen LogP contribution >= 0.6 is 0 Å². The van der Waals surface area contributed by atoms with Crippen LogP contribution in [-0.2, 0) is 11.0 Å². The van der Waals surface area contributed by atoms with E-state index in [-0.39, 0.29) is 18.4 Å². The van der Waals surface area contributed by atoms with Gasteiger partial charge in [0.2, 0.25) is 0 Å². The molecule has 30 heavy (non-hydrogen) atoms. The van der Waals surface area contributed by atoms with Gasteiger partial charge in [0, 0.05) is 43.0 Å². The van der Waals surface area contributed by atoms with Crippen molar-refractivity contribution in [1.29, 1.82) is 5.26 Å². The van der Waals surface area contributed by atoms with Crippen molar-refractivity contribution in [2.45, 2.75) is 4.90 Å². The molecule has 0 bridgehead atoms. The number of hydrogen-bond donors (Lipinski definition) is 2. The maximum Gasteiger partial charge on any atom is 0.255 e. The van der Waals surface area contributed by atoms with Crippen molar-refractivity contribution in [3.05, 3.63) is 59.7 Å². The van der Waals surface area contributed by atoms with Gasteiger partial charge in [-0.05, 0) is 49.5 Å². The van der Waals surface area contributed by atoms with Gasteiger partial charge in [-0.2, -0.15) is 5.26 Å². The van der Waals surface area contributed by atoms with Crippen LogP contribution in [0.5, 0.6) is 0 Å². The summed E-state index contributed by atoms with van der Waals surface area (Å²) in [6.45, 7) is 3.14. The summed E-state index contributed by atoms with van der Waals surface area (Å²) in [5, 5.41) is 13.8. The van der Waals surface area contributed by atoms with Crippen LogP contribution in [0.1, 0.15) is 20.7 Å². The number of rotatable bonds is 6. The second-order valence-corrected chi connectivity index (χ2v) is 8.37. The minimum Gasteiger partial charge on any atom is -0.339 e. The van der Waals surface area contributed by atoms with Crippen molar-refractivity contribution < 1.29 is 13.8 Å². The molecule has 0 saturated carbocycles. The molecule has 1 aliphatic rings. The van der Waals surface area contributed by atoms with Gasteiger partial charge in [-0.25, -0.2) is 8.51 Å². The Morgan fingerprint density at radius 3 is 2.40 bits per heavy atom. The number of nitrogens with one attached hydrogen (secondary N) is 2. The Balaban J connectivity index is 1.63. The van der Waals surface area contributed by atoms with E-state index in [1.54, 1.807) is 48.5 Å². The molecule has 1 atom stereocenters. The van der Waals surface area contributed by atoms with E-state index in [1.165, 1.54) is 0 Å². The first-order chi connectivity index (χ1) is 14.5. The summed E-state index contributed by atoms with van der Waals surface area (Å²) in [5.74, 6) is -0.718. The normalized spacial score (nSPS) is 15.7. The van der Waals surface area contributed by atoms with Crippen molar-refractivity contribution in [3.63, 3.8) is 0 Å². The van der Waals surface area contributed by atoms with E-state index in [0.29, 0.717) is 21.7 Å². The number of carbonyl (C=O) groups is 2. The number of carbonyl (C=O) groups excluding carboxylic acids is 2. The minimum atomic E-state index is -1.25. The molecular formula is C21H23N5O3S. The van der Waals surface area contributed by atoms with Crippen molar-refractivity contribution in [1.82, 2.24) is 14.5 Å². The van der Waals surface area contributed by atoms with Crippen molar-refractivity contribution in [2.24, 2.45) is 0 Å². The molecule has 1 saturated heterocycles. The van der Waals surface area contributed by atoms with Gasteiger partial charge in [0.1, 0.15) is 17.5 Å². The summed E-state index contributed by atoms with van der Waals surface area (Å²) >= 11 is 0. The molecule has 1 fully saturated rings. The van der Waals surface area contributed by atoms with Gasteiger partial charge in [-0.1, -0.05) is 6.07 Å². The number of hydrogen-bond acceptors (Lipinski definition) is 5. The average Bonchev–Trinajstić information content (AvgIpc) is 2.77. The van der Waals surface area contributed by atoms with Crippen LogP contribution in [0.4, 0.5) is 5.69 Å². The highest BCUT2D eigenvalue weighted by Gasteiger charge is 2.20. The van der Waals surface area contributed by atoms with Gasteiger partial charge < -0.3 is 15.5 Å². The topological polar surface area (TPSA) is 106 Å². The van der Waals surface area contributed by atoms with Crippen LogP contribution in [0.3, 0.4) is 0 Å². The van der Waals surface area contributed by atoms with Crippen LogP contribution < -0.4 is 10.6 Å². The standard InChI is InChI=1S/C21H23N5O3S/c1-25-11-13-26(14-12-25)30(29)19-7-5-16(6-8-19)21(28)24-18-4-2-3-17(15-18)20(27)23-10-9-22/h2-8,15H,10-14H2,1H3,(H,23,27)(H,24,28). The fraction of sp³-hybridized carbons (Fsp3) is 0.286. The minimum absolute atomic E-state index is 0.0860. The molecule has 8 nitrogen and oxygen atoms in total. The summed E-state index contributed by atoms with van der Waals surface area (Å²) < 4.78 is 14.6. The number of nitrogens with zero attached hydrogens (tertiary/aromatic N) is 3. The molecule has 156 valence electrons. The maximum atomic E-state index is 12.7. The molecule has 0 spiro atoms. The largest absolute Gasteiger partial charge is 0.339 e. The van der Waals surface area contributed by atoms with E-state index < -0.39 is 11.0 Å². The van der Waals surface area contributed by atoms with E-state index in [4.69, 9.17) is 5.26 Å². The highest BCUT2D eigenvalue weighted by molar-refractivity contribution is 7.82. The Morgan fingerprint density at radius 2 is 1.73 bits per heavy atom. The first-order valence-electron chi connectivity index (χ1n) is 9.50. The van der Waals surface area contributed by atoms with Gasteiger partial charge in [-0.3, -0.25) is 9.59 Å². The molecule has 2 N–H and O–H groups in total. The fourth-order valence-corrected chi connectivity index (χ4v) is 4.15. The Hall–Kier alpha value is -3.06. The summed E-state index contributed by atoms with van der Waals surface area (Å²) in [4.78, 5) is 27.3. The monoisotopic (exact) mass is 425 g/mol. The number of anilines is 1. The number of piperazine rings is 1. The van der Waals surface area contributed by atoms with Crippen LogP contribution in [0.15, 0.2) is 53.4 Å². The molecular weight excluding hydrogens is 402 g/mol. The zero-order chi connectivity index (χ0) is 21.5. The quantitative estimate of drug-likeness (QED) is 0.682. The highest BCUT2D eigenvalue weighted by atomic mass is 32.2. The molecule has 0 aromatic heterocycles. The van der Waals surface area contributed by atoms with E-state index in [1.807, 2.05) is 17.4 Å². The van der Waals surface area contributed by atoms with Crippen LogP contribution in [0, 0.1) is 11.3 Å². The number of likely N-dealkylation sites (N-methyl/N-ethyl adjacent to an activating group) is 1.